The van der Waals surface area contributed by atoms with Crippen molar-refractivity contribution < 1.29 is 19.7 Å². The molecular formula is C16H23NO4. The zero-order valence-corrected chi connectivity index (χ0v) is 12.3. The van der Waals surface area contributed by atoms with E-state index in [1.54, 1.807) is 7.11 Å². The molecule has 0 saturated heterocycles. The smallest absolute Gasteiger partial charge is 0.404 e. The number of methoxy groups -OCH3 is 1. The summed E-state index contributed by atoms with van der Waals surface area (Å²) in [6.07, 6.45) is 2.46. The molecule has 116 valence electrons. The van der Waals surface area contributed by atoms with Gasteiger partial charge in [-0.2, -0.15) is 0 Å². The third-order valence-electron chi connectivity index (χ3n) is 4.32. The summed E-state index contributed by atoms with van der Waals surface area (Å²) in [4.78, 5) is 10.8. The lowest BCUT2D eigenvalue weighted by atomic mass is 9.75. The molecule has 0 bridgehead atoms. The third kappa shape index (κ3) is 4.11. The van der Waals surface area contributed by atoms with Crippen molar-refractivity contribution in [2.75, 3.05) is 13.7 Å². The second kappa shape index (κ2) is 7.31. The van der Waals surface area contributed by atoms with Crippen molar-refractivity contribution >= 4 is 6.09 Å². The molecule has 1 fully saturated rings. The molecule has 1 saturated carbocycles. The summed E-state index contributed by atoms with van der Waals surface area (Å²) < 4.78 is 5.15. The Bertz CT molecular complexity index is 460. The number of benzene rings is 1. The number of nitrogens with one attached hydrogen (secondary N) is 1. The molecule has 1 aliphatic carbocycles. The first kappa shape index (κ1) is 15.6. The van der Waals surface area contributed by atoms with Gasteiger partial charge in [-0.25, -0.2) is 4.79 Å². The number of amides is 1. The number of rotatable bonds is 5. The van der Waals surface area contributed by atoms with Gasteiger partial charge in [-0.3, -0.25) is 0 Å². The van der Waals surface area contributed by atoms with Crippen LogP contribution in [-0.4, -0.2) is 36.1 Å². The molecule has 0 spiro atoms. The van der Waals surface area contributed by atoms with Crippen molar-refractivity contribution in [2.24, 2.45) is 5.92 Å². The van der Waals surface area contributed by atoms with E-state index >= 15 is 0 Å². The van der Waals surface area contributed by atoms with Gasteiger partial charge in [0.15, 0.2) is 0 Å². The number of aliphatic hydroxyl groups is 1. The Labute approximate surface area is 124 Å². The van der Waals surface area contributed by atoms with Crippen LogP contribution in [0.25, 0.3) is 0 Å². The molecule has 0 aromatic heterocycles. The topological polar surface area (TPSA) is 78.8 Å². The Morgan fingerprint density at radius 3 is 2.57 bits per heavy atom. The van der Waals surface area contributed by atoms with E-state index in [-0.39, 0.29) is 17.9 Å². The fraction of sp³-hybridized carbons (Fsp3) is 0.562. The summed E-state index contributed by atoms with van der Waals surface area (Å²) >= 11 is 0. The monoisotopic (exact) mass is 293 g/mol. The first-order valence-electron chi connectivity index (χ1n) is 7.40. The van der Waals surface area contributed by atoms with Gasteiger partial charge in [-0.15, -0.1) is 0 Å². The highest BCUT2D eigenvalue weighted by molar-refractivity contribution is 5.64. The highest BCUT2D eigenvalue weighted by Gasteiger charge is 2.31. The Morgan fingerprint density at radius 1 is 1.33 bits per heavy atom. The highest BCUT2D eigenvalue weighted by Crippen LogP contribution is 2.36. The summed E-state index contributed by atoms with van der Waals surface area (Å²) in [7, 11) is 1.61. The minimum absolute atomic E-state index is 0.0118. The lowest BCUT2D eigenvalue weighted by Gasteiger charge is -2.34. The van der Waals surface area contributed by atoms with E-state index in [9.17, 15) is 9.90 Å². The molecule has 3 atom stereocenters. The normalized spacial score (nSPS) is 23.3. The van der Waals surface area contributed by atoms with E-state index < -0.39 is 6.09 Å². The van der Waals surface area contributed by atoms with Crippen molar-refractivity contribution in [3.63, 3.8) is 0 Å². The lowest BCUT2D eigenvalue weighted by molar-refractivity contribution is 0.0544. The summed E-state index contributed by atoms with van der Waals surface area (Å²) in [5.74, 6) is 0.856. The van der Waals surface area contributed by atoms with Gasteiger partial charge >= 0.3 is 6.09 Å². The summed E-state index contributed by atoms with van der Waals surface area (Å²) in [5, 5.41) is 21.6. The predicted molar refractivity (Wildman–Crippen MR) is 79.7 cm³/mol. The van der Waals surface area contributed by atoms with E-state index in [2.05, 4.69) is 5.32 Å². The van der Waals surface area contributed by atoms with Crippen LogP contribution in [0, 0.1) is 5.92 Å². The summed E-state index contributed by atoms with van der Waals surface area (Å²) in [6.45, 7) is 0.323. The Morgan fingerprint density at radius 2 is 2.00 bits per heavy atom. The van der Waals surface area contributed by atoms with Crippen LogP contribution in [0.15, 0.2) is 24.3 Å². The SMILES string of the molecule is COc1ccc([C@H](CNC(=O)O)[C@@H]2CCCCC2O)cc1. The molecule has 0 radical (unpaired) electrons. The van der Waals surface area contributed by atoms with Gasteiger partial charge in [0, 0.05) is 12.5 Å². The molecule has 5 heteroatoms. The van der Waals surface area contributed by atoms with E-state index in [1.807, 2.05) is 24.3 Å². The first-order valence-corrected chi connectivity index (χ1v) is 7.40. The second-order valence-electron chi connectivity index (χ2n) is 5.58. The molecular weight excluding hydrogens is 270 g/mol. The number of aliphatic hydroxyl groups excluding tert-OH is 1. The van der Waals surface area contributed by atoms with Crippen molar-refractivity contribution in [2.45, 2.75) is 37.7 Å². The molecule has 3 N–H and O–H groups in total. The van der Waals surface area contributed by atoms with Crippen LogP contribution in [0.1, 0.15) is 37.2 Å². The Hall–Kier alpha value is -1.75. The molecule has 0 aliphatic heterocycles. The Balaban J connectivity index is 2.18. The standard InChI is InChI=1S/C16H23NO4/c1-21-12-8-6-11(7-9-12)14(10-17-16(19)20)13-4-2-3-5-15(13)18/h6-9,13-15,17-18H,2-5,10H2,1H3,(H,19,20)/t13-,14-,15?/m0/s1. The number of hydrogen-bond acceptors (Lipinski definition) is 3. The van der Waals surface area contributed by atoms with Crippen LogP contribution in [0.5, 0.6) is 5.75 Å². The van der Waals surface area contributed by atoms with Gasteiger partial charge in [0.05, 0.1) is 13.2 Å². The minimum Gasteiger partial charge on any atom is -0.497 e. The first-order chi connectivity index (χ1) is 10.1. The van der Waals surface area contributed by atoms with Gasteiger partial charge in [-0.1, -0.05) is 25.0 Å². The fourth-order valence-electron chi connectivity index (χ4n) is 3.17. The molecule has 1 unspecified atom stereocenters. The number of carboxylic acid groups (broad SMARTS) is 1. The van der Waals surface area contributed by atoms with Crippen LogP contribution < -0.4 is 10.1 Å². The van der Waals surface area contributed by atoms with Gasteiger partial charge in [-0.05, 0) is 36.5 Å². The lowest BCUT2D eigenvalue weighted by Crippen LogP contribution is -2.36. The molecule has 21 heavy (non-hydrogen) atoms. The van der Waals surface area contributed by atoms with Crippen LogP contribution >= 0.6 is 0 Å². The maximum absolute atomic E-state index is 10.8. The summed E-state index contributed by atoms with van der Waals surface area (Å²) in [5.41, 5.74) is 1.04. The molecule has 1 aromatic carbocycles. The maximum Gasteiger partial charge on any atom is 0.404 e. The third-order valence-corrected chi connectivity index (χ3v) is 4.32. The quantitative estimate of drug-likeness (QED) is 0.779. The average molecular weight is 293 g/mol. The predicted octanol–water partition coefficient (Wildman–Crippen LogP) is 2.60. The van der Waals surface area contributed by atoms with Crippen LogP contribution in [0.3, 0.4) is 0 Å². The number of carbonyl (C=O) groups is 1. The van der Waals surface area contributed by atoms with Gasteiger partial charge in [0.2, 0.25) is 0 Å². The molecule has 1 aliphatic rings. The van der Waals surface area contributed by atoms with Crippen molar-refractivity contribution in [1.29, 1.82) is 0 Å². The van der Waals surface area contributed by atoms with E-state index in [0.29, 0.717) is 6.54 Å². The van der Waals surface area contributed by atoms with Gasteiger partial charge in [0.25, 0.3) is 0 Å². The van der Waals surface area contributed by atoms with Crippen LogP contribution in [0.2, 0.25) is 0 Å². The van der Waals surface area contributed by atoms with Crippen LogP contribution in [-0.2, 0) is 0 Å². The van der Waals surface area contributed by atoms with Crippen molar-refractivity contribution in [3.05, 3.63) is 29.8 Å². The van der Waals surface area contributed by atoms with E-state index in [1.165, 1.54) is 0 Å². The largest absolute Gasteiger partial charge is 0.497 e. The molecule has 0 heterocycles. The summed E-state index contributed by atoms with van der Waals surface area (Å²) in [6, 6.07) is 7.65. The van der Waals surface area contributed by atoms with E-state index in [0.717, 1.165) is 37.0 Å². The van der Waals surface area contributed by atoms with Crippen molar-refractivity contribution in [3.8, 4) is 5.75 Å². The Kier molecular flexibility index (Phi) is 5.44. The van der Waals surface area contributed by atoms with Crippen LogP contribution in [0.4, 0.5) is 4.79 Å². The molecule has 2 rings (SSSR count). The zero-order chi connectivity index (χ0) is 15.2. The fourth-order valence-corrected chi connectivity index (χ4v) is 3.17. The minimum atomic E-state index is -1.03. The van der Waals surface area contributed by atoms with Gasteiger partial charge in [0.1, 0.15) is 5.75 Å². The van der Waals surface area contributed by atoms with Gasteiger partial charge < -0.3 is 20.3 Å². The average Bonchev–Trinajstić information content (AvgIpc) is 2.49. The zero-order valence-electron chi connectivity index (χ0n) is 12.3. The van der Waals surface area contributed by atoms with Crippen molar-refractivity contribution in [1.82, 2.24) is 5.32 Å². The second-order valence-corrected chi connectivity index (χ2v) is 5.58. The number of ether oxygens (including phenoxy) is 1. The highest BCUT2D eigenvalue weighted by atomic mass is 16.5. The maximum atomic E-state index is 10.8. The molecule has 5 nitrogen and oxygen atoms in total. The molecule has 1 aromatic rings. The van der Waals surface area contributed by atoms with E-state index in [4.69, 9.17) is 9.84 Å². The molecule has 1 amide bonds. The number of hydrogen-bond donors (Lipinski definition) is 3.